The molecule has 1 aromatic rings. The Kier molecular flexibility index (Phi) is 5.93. The normalized spacial score (nSPS) is 20.0. The van der Waals surface area contributed by atoms with E-state index < -0.39 is 0 Å². The van der Waals surface area contributed by atoms with Crippen molar-refractivity contribution in [1.29, 1.82) is 0 Å². The molecule has 0 atom stereocenters. The number of carbonyl (C=O) groups excluding carboxylic acids is 1. The first kappa shape index (κ1) is 17.0. The zero-order chi connectivity index (χ0) is 16.8. The number of piperidine rings is 1. The Labute approximate surface area is 144 Å². The number of hydrogen-bond donors (Lipinski definition) is 2. The maximum atomic E-state index is 12.0. The summed E-state index contributed by atoms with van der Waals surface area (Å²) in [5, 5.41) is 6.03. The molecule has 132 valence electrons. The number of carbonyl (C=O) groups is 1. The maximum Gasteiger partial charge on any atom is 0.315 e. The van der Waals surface area contributed by atoms with Gasteiger partial charge < -0.3 is 25.2 Å². The summed E-state index contributed by atoms with van der Waals surface area (Å²) in [6, 6.07) is 8.64. The number of rotatable bonds is 4. The predicted octanol–water partition coefficient (Wildman–Crippen LogP) is 1.42. The monoisotopic (exact) mass is 332 g/mol. The van der Waals surface area contributed by atoms with Crippen LogP contribution in [-0.2, 0) is 11.3 Å². The van der Waals surface area contributed by atoms with Crippen LogP contribution in [-0.4, -0.2) is 63.4 Å². The van der Waals surface area contributed by atoms with Gasteiger partial charge in [-0.05, 0) is 50.7 Å². The lowest BCUT2D eigenvalue weighted by Gasteiger charge is -2.29. The minimum atomic E-state index is -0.0678. The van der Waals surface area contributed by atoms with Crippen molar-refractivity contribution in [2.45, 2.75) is 25.4 Å². The highest BCUT2D eigenvalue weighted by Crippen LogP contribution is 2.16. The Morgan fingerprint density at radius 2 is 1.79 bits per heavy atom. The van der Waals surface area contributed by atoms with E-state index in [0.717, 1.165) is 57.8 Å². The lowest BCUT2D eigenvalue weighted by molar-refractivity contribution is 0.122. The molecule has 2 aliphatic heterocycles. The van der Waals surface area contributed by atoms with Crippen LogP contribution in [0.3, 0.4) is 0 Å². The molecule has 24 heavy (non-hydrogen) atoms. The van der Waals surface area contributed by atoms with Crippen molar-refractivity contribution in [2.75, 3.05) is 51.3 Å². The first-order valence-electron chi connectivity index (χ1n) is 8.85. The molecule has 2 fully saturated rings. The summed E-state index contributed by atoms with van der Waals surface area (Å²) in [5.41, 5.74) is 2.34. The lowest BCUT2D eigenvalue weighted by Crippen LogP contribution is -2.46. The fraction of sp³-hybridized carbons (Fsp3) is 0.611. The number of hydrogen-bond acceptors (Lipinski definition) is 4. The van der Waals surface area contributed by atoms with Crippen molar-refractivity contribution < 1.29 is 9.53 Å². The Bertz CT molecular complexity index is 520. The molecule has 0 saturated carbocycles. The topological polar surface area (TPSA) is 56.8 Å². The van der Waals surface area contributed by atoms with Gasteiger partial charge in [0.2, 0.25) is 0 Å². The molecule has 2 N–H and O–H groups in total. The number of ether oxygens (including phenoxy) is 1. The largest absolute Gasteiger partial charge is 0.378 e. The maximum absolute atomic E-state index is 12.0. The van der Waals surface area contributed by atoms with Gasteiger partial charge in [0.05, 0.1) is 13.2 Å². The zero-order valence-electron chi connectivity index (χ0n) is 14.5. The van der Waals surface area contributed by atoms with E-state index in [2.05, 4.69) is 51.7 Å². The minimum absolute atomic E-state index is 0.0678. The van der Waals surface area contributed by atoms with Gasteiger partial charge in [0.1, 0.15) is 0 Å². The summed E-state index contributed by atoms with van der Waals surface area (Å²) >= 11 is 0. The second-order valence-corrected chi connectivity index (χ2v) is 6.67. The molecule has 0 bridgehead atoms. The van der Waals surface area contributed by atoms with E-state index in [1.54, 1.807) is 0 Å². The summed E-state index contributed by atoms with van der Waals surface area (Å²) in [4.78, 5) is 16.6. The number of anilines is 1. The van der Waals surface area contributed by atoms with Gasteiger partial charge in [0.25, 0.3) is 0 Å². The van der Waals surface area contributed by atoms with Crippen molar-refractivity contribution in [1.82, 2.24) is 15.5 Å². The Morgan fingerprint density at radius 1 is 1.12 bits per heavy atom. The molecule has 2 heterocycles. The van der Waals surface area contributed by atoms with E-state index in [-0.39, 0.29) is 6.03 Å². The molecule has 0 radical (unpaired) electrons. The molecular weight excluding hydrogens is 304 g/mol. The van der Waals surface area contributed by atoms with Gasteiger partial charge in [-0.15, -0.1) is 0 Å². The molecule has 2 aliphatic rings. The molecule has 0 aromatic heterocycles. The summed E-state index contributed by atoms with van der Waals surface area (Å²) in [6.07, 6.45) is 2.05. The Hall–Kier alpha value is -1.79. The van der Waals surface area contributed by atoms with Crippen LogP contribution in [0.15, 0.2) is 24.3 Å². The third kappa shape index (κ3) is 4.85. The summed E-state index contributed by atoms with van der Waals surface area (Å²) < 4.78 is 5.38. The van der Waals surface area contributed by atoms with E-state index >= 15 is 0 Å². The fourth-order valence-electron chi connectivity index (χ4n) is 3.22. The number of nitrogens with zero attached hydrogens (tertiary/aromatic N) is 2. The first-order valence-corrected chi connectivity index (χ1v) is 8.85. The number of morpholine rings is 1. The molecule has 0 spiro atoms. The number of amides is 2. The van der Waals surface area contributed by atoms with Crippen LogP contribution in [0.1, 0.15) is 18.4 Å². The highest BCUT2D eigenvalue weighted by molar-refractivity contribution is 5.74. The molecule has 6 heteroatoms. The Morgan fingerprint density at radius 3 is 2.46 bits per heavy atom. The number of urea groups is 1. The molecule has 3 rings (SSSR count). The van der Waals surface area contributed by atoms with E-state index in [0.29, 0.717) is 12.6 Å². The first-order chi connectivity index (χ1) is 11.7. The average Bonchev–Trinajstić information content (AvgIpc) is 2.63. The molecule has 0 unspecified atom stereocenters. The second kappa shape index (κ2) is 8.35. The van der Waals surface area contributed by atoms with E-state index in [9.17, 15) is 4.79 Å². The van der Waals surface area contributed by atoms with Crippen molar-refractivity contribution in [3.05, 3.63) is 29.8 Å². The summed E-state index contributed by atoms with van der Waals surface area (Å²) in [5.74, 6) is 0. The van der Waals surface area contributed by atoms with Crippen LogP contribution in [0.25, 0.3) is 0 Å². The SMILES string of the molecule is CN1CCC(NC(=O)NCc2ccc(N3CCOCC3)cc2)CC1. The highest BCUT2D eigenvalue weighted by atomic mass is 16.5. The summed E-state index contributed by atoms with van der Waals surface area (Å²) in [6.45, 7) is 6.12. The van der Waals surface area contributed by atoms with E-state index in [4.69, 9.17) is 4.74 Å². The van der Waals surface area contributed by atoms with Gasteiger partial charge in [0.15, 0.2) is 0 Å². The van der Waals surface area contributed by atoms with Crippen molar-refractivity contribution in [2.24, 2.45) is 0 Å². The predicted molar refractivity (Wildman–Crippen MR) is 95.4 cm³/mol. The number of nitrogens with one attached hydrogen (secondary N) is 2. The van der Waals surface area contributed by atoms with Crippen LogP contribution in [0.2, 0.25) is 0 Å². The zero-order valence-corrected chi connectivity index (χ0v) is 14.5. The van der Waals surface area contributed by atoms with Gasteiger partial charge in [-0.25, -0.2) is 4.79 Å². The third-order valence-corrected chi connectivity index (χ3v) is 4.82. The molecule has 2 saturated heterocycles. The number of likely N-dealkylation sites (tertiary alicyclic amines) is 1. The average molecular weight is 332 g/mol. The third-order valence-electron chi connectivity index (χ3n) is 4.82. The van der Waals surface area contributed by atoms with Crippen molar-refractivity contribution in [3.8, 4) is 0 Å². The van der Waals surface area contributed by atoms with Crippen LogP contribution >= 0.6 is 0 Å². The van der Waals surface area contributed by atoms with Gasteiger partial charge in [-0.3, -0.25) is 0 Å². The highest BCUT2D eigenvalue weighted by Gasteiger charge is 2.18. The van der Waals surface area contributed by atoms with Gasteiger partial charge in [-0.1, -0.05) is 12.1 Å². The quantitative estimate of drug-likeness (QED) is 0.875. The van der Waals surface area contributed by atoms with Crippen LogP contribution in [0, 0.1) is 0 Å². The van der Waals surface area contributed by atoms with Gasteiger partial charge >= 0.3 is 6.03 Å². The van der Waals surface area contributed by atoms with Crippen molar-refractivity contribution in [3.63, 3.8) is 0 Å². The number of benzene rings is 1. The van der Waals surface area contributed by atoms with Crippen LogP contribution in [0.4, 0.5) is 10.5 Å². The standard InChI is InChI=1S/C18H28N4O2/c1-21-8-6-16(7-9-21)20-18(23)19-14-15-2-4-17(5-3-15)22-10-12-24-13-11-22/h2-5,16H,6-14H2,1H3,(H2,19,20,23). The summed E-state index contributed by atoms with van der Waals surface area (Å²) in [7, 11) is 2.12. The molecule has 2 amide bonds. The van der Waals surface area contributed by atoms with Crippen LogP contribution in [0.5, 0.6) is 0 Å². The Balaban J connectivity index is 1.41. The van der Waals surface area contributed by atoms with E-state index in [1.807, 2.05) is 0 Å². The molecule has 1 aromatic carbocycles. The second-order valence-electron chi connectivity index (χ2n) is 6.67. The lowest BCUT2D eigenvalue weighted by atomic mass is 10.1. The minimum Gasteiger partial charge on any atom is -0.378 e. The fourth-order valence-corrected chi connectivity index (χ4v) is 3.22. The molecule has 6 nitrogen and oxygen atoms in total. The van der Waals surface area contributed by atoms with Gasteiger partial charge in [-0.2, -0.15) is 0 Å². The molecule has 0 aliphatic carbocycles. The molecular formula is C18H28N4O2. The van der Waals surface area contributed by atoms with E-state index in [1.165, 1.54) is 5.69 Å². The smallest absolute Gasteiger partial charge is 0.315 e. The van der Waals surface area contributed by atoms with Crippen LogP contribution < -0.4 is 15.5 Å². The van der Waals surface area contributed by atoms with Gasteiger partial charge in [0, 0.05) is 31.4 Å². The van der Waals surface area contributed by atoms with Crippen molar-refractivity contribution >= 4 is 11.7 Å².